The van der Waals surface area contributed by atoms with Gasteiger partial charge in [-0.1, -0.05) is 0 Å². The number of hydrogen-bond donors (Lipinski definition) is 3. The maximum absolute atomic E-state index is 9.75. The summed E-state index contributed by atoms with van der Waals surface area (Å²) >= 11 is 6.66. The van der Waals surface area contributed by atoms with Gasteiger partial charge in [-0.2, -0.15) is 0 Å². The summed E-state index contributed by atoms with van der Waals surface area (Å²) in [6.07, 6.45) is 0.666. The maximum atomic E-state index is 9.75. The van der Waals surface area contributed by atoms with E-state index < -0.39 is 0 Å². The van der Waals surface area contributed by atoms with Crippen LogP contribution in [0.4, 0.5) is 0 Å². The molecule has 0 aromatic heterocycles. The maximum Gasteiger partial charge on any atom is 0.173 e. The monoisotopic (exact) mass is 352 g/mol. The van der Waals surface area contributed by atoms with Crippen molar-refractivity contribution in [3.63, 3.8) is 0 Å². The molecule has 0 aliphatic carbocycles. The van der Waals surface area contributed by atoms with Gasteiger partial charge in [0.05, 0.1) is 11.6 Å². The molecule has 0 bridgehead atoms. The molecule has 1 aromatic carbocycles. The molecule has 1 aromatic rings. The molecule has 0 saturated heterocycles. The molecular formula is C10H14Br2N2O2. The van der Waals surface area contributed by atoms with Crippen LogP contribution in [0.3, 0.4) is 0 Å². The molecule has 0 spiro atoms. The zero-order chi connectivity index (χ0) is 12.3. The van der Waals surface area contributed by atoms with E-state index in [4.69, 9.17) is 16.2 Å². The summed E-state index contributed by atoms with van der Waals surface area (Å²) < 4.78 is 6.33. The molecule has 0 unspecified atom stereocenters. The summed E-state index contributed by atoms with van der Waals surface area (Å²) in [4.78, 5) is 0. The van der Waals surface area contributed by atoms with Gasteiger partial charge in [0.2, 0.25) is 0 Å². The van der Waals surface area contributed by atoms with Crippen molar-refractivity contribution in [2.24, 2.45) is 11.5 Å². The molecule has 1 rings (SSSR count). The first-order valence-corrected chi connectivity index (χ1v) is 6.32. The van der Waals surface area contributed by atoms with Crippen molar-refractivity contribution in [3.8, 4) is 11.5 Å². The number of phenols is 1. The molecule has 0 amide bonds. The zero-order valence-corrected chi connectivity index (χ0v) is 12.0. The van der Waals surface area contributed by atoms with Crippen molar-refractivity contribution in [3.05, 3.63) is 20.6 Å². The Hall–Kier alpha value is -0.300. The first-order valence-electron chi connectivity index (χ1n) is 4.73. The average molecular weight is 354 g/mol. The summed E-state index contributed by atoms with van der Waals surface area (Å²) in [5.74, 6) is 0.440. The van der Waals surface area contributed by atoms with E-state index in [0.29, 0.717) is 23.2 Å². The van der Waals surface area contributed by atoms with Gasteiger partial charge in [0.15, 0.2) is 11.5 Å². The number of phenolic OH excluding ortho intramolecular Hbond substituents is 1. The van der Waals surface area contributed by atoms with E-state index in [0.717, 1.165) is 10.0 Å². The van der Waals surface area contributed by atoms with Gasteiger partial charge in [-0.15, -0.1) is 0 Å². The minimum absolute atomic E-state index is 0.0538. The number of halogens is 2. The van der Waals surface area contributed by atoms with Crippen molar-refractivity contribution < 1.29 is 9.84 Å². The number of rotatable bonds is 4. The van der Waals surface area contributed by atoms with Crippen LogP contribution in [0.25, 0.3) is 0 Å². The van der Waals surface area contributed by atoms with Crippen LogP contribution in [0.15, 0.2) is 15.0 Å². The summed E-state index contributed by atoms with van der Waals surface area (Å²) in [6.45, 7) is 0.508. The quantitative estimate of drug-likeness (QED) is 0.775. The molecule has 0 heterocycles. The van der Waals surface area contributed by atoms with Crippen LogP contribution in [0.5, 0.6) is 11.5 Å². The third-order valence-corrected chi connectivity index (χ3v) is 4.43. The summed E-state index contributed by atoms with van der Waals surface area (Å²) in [7, 11) is 1.49. The van der Waals surface area contributed by atoms with Crippen molar-refractivity contribution >= 4 is 31.9 Å². The average Bonchev–Trinajstić information content (AvgIpc) is 2.27. The van der Waals surface area contributed by atoms with E-state index >= 15 is 0 Å². The van der Waals surface area contributed by atoms with Crippen molar-refractivity contribution in [1.29, 1.82) is 0 Å². The van der Waals surface area contributed by atoms with Gasteiger partial charge in [0.1, 0.15) is 0 Å². The molecule has 1 atom stereocenters. The first-order chi connectivity index (χ1) is 7.52. The molecule has 5 N–H and O–H groups in total. The Kier molecular flexibility index (Phi) is 5.04. The first kappa shape index (κ1) is 13.8. The highest BCUT2D eigenvalue weighted by atomic mass is 79.9. The lowest BCUT2D eigenvalue weighted by Gasteiger charge is -2.16. The number of aromatic hydroxyl groups is 1. The second kappa shape index (κ2) is 5.86. The fourth-order valence-electron chi connectivity index (χ4n) is 1.37. The minimum atomic E-state index is -0.190. The Bertz CT molecular complexity index is 386. The SMILES string of the molecule is COc1cc([C@H](N)CCN)c(Br)c(Br)c1O. The number of benzene rings is 1. The van der Waals surface area contributed by atoms with Gasteiger partial charge >= 0.3 is 0 Å². The molecule has 90 valence electrons. The Labute approximate surface area is 111 Å². The van der Waals surface area contributed by atoms with Crippen LogP contribution in [0.1, 0.15) is 18.0 Å². The van der Waals surface area contributed by atoms with Crippen molar-refractivity contribution in [2.45, 2.75) is 12.5 Å². The largest absolute Gasteiger partial charge is 0.503 e. The Balaban J connectivity index is 3.24. The molecule has 0 aliphatic heterocycles. The van der Waals surface area contributed by atoms with Crippen LogP contribution in [-0.4, -0.2) is 18.8 Å². The van der Waals surface area contributed by atoms with E-state index in [1.54, 1.807) is 6.07 Å². The normalized spacial score (nSPS) is 12.6. The Morgan fingerprint density at radius 2 is 2.06 bits per heavy atom. The predicted molar refractivity (Wildman–Crippen MR) is 70.7 cm³/mol. The summed E-state index contributed by atoms with van der Waals surface area (Å²) in [5, 5.41) is 9.75. The van der Waals surface area contributed by atoms with Gasteiger partial charge in [0.25, 0.3) is 0 Å². The van der Waals surface area contributed by atoms with E-state index in [-0.39, 0.29) is 11.8 Å². The summed E-state index contributed by atoms with van der Waals surface area (Å²) in [6, 6.07) is 1.52. The van der Waals surface area contributed by atoms with Gasteiger partial charge < -0.3 is 21.3 Å². The standard InChI is InChI=1S/C10H14Br2N2O2/c1-16-7-4-5(6(14)2-3-13)8(11)9(12)10(7)15/h4,6,15H,2-3,13-14H2,1H3/t6-/m1/s1. The van der Waals surface area contributed by atoms with Crippen LogP contribution in [0.2, 0.25) is 0 Å². The lowest BCUT2D eigenvalue weighted by atomic mass is 10.0. The number of methoxy groups -OCH3 is 1. The molecular weight excluding hydrogens is 340 g/mol. The molecule has 0 fully saturated rings. The van der Waals surface area contributed by atoms with Crippen molar-refractivity contribution in [1.82, 2.24) is 0 Å². The number of ether oxygens (including phenoxy) is 1. The van der Waals surface area contributed by atoms with E-state index in [2.05, 4.69) is 31.9 Å². The third kappa shape index (κ3) is 2.68. The van der Waals surface area contributed by atoms with Gasteiger partial charge in [-0.3, -0.25) is 0 Å². The molecule has 0 radical (unpaired) electrons. The minimum Gasteiger partial charge on any atom is -0.503 e. The second-order valence-electron chi connectivity index (χ2n) is 3.33. The lowest BCUT2D eigenvalue weighted by molar-refractivity contribution is 0.370. The Morgan fingerprint density at radius 3 is 2.56 bits per heavy atom. The van der Waals surface area contributed by atoms with Crippen LogP contribution in [0, 0.1) is 0 Å². The van der Waals surface area contributed by atoms with Crippen LogP contribution >= 0.6 is 31.9 Å². The molecule has 0 saturated carbocycles. The molecule has 4 nitrogen and oxygen atoms in total. The van der Waals surface area contributed by atoms with Gasteiger partial charge in [0, 0.05) is 10.5 Å². The topological polar surface area (TPSA) is 81.5 Å². The van der Waals surface area contributed by atoms with Crippen molar-refractivity contribution in [2.75, 3.05) is 13.7 Å². The molecule has 0 aliphatic rings. The number of nitrogens with two attached hydrogens (primary N) is 2. The van der Waals surface area contributed by atoms with Gasteiger partial charge in [-0.25, -0.2) is 0 Å². The number of hydrogen-bond acceptors (Lipinski definition) is 4. The summed E-state index contributed by atoms with van der Waals surface area (Å²) in [5.41, 5.74) is 12.3. The predicted octanol–water partition coefficient (Wildman–Crippen LogP) is 2.27. The molecule has 6 heteroatoms. The van der Waals surface area contributed by atoms with E-state index in [9.17, 15) is 5.11 Å². The second-order valence-corrected chi connectivity index (χ2v) is 4.91. The van der Waals surface area contributed by atoms with Crippen LogP contribution < -0.4 is 16.2 Å². The van der Waals surface area contributed by atoms with E-state index in [1.807, 2.05) is 0 Å². The fraction of sp³-hybridized carbons (Fsp3) is 0.400. The zero-order valence-electron chi connectivity index (χ0n) is 8.84. The lowest BCUT2D eigenvalue weighted by Crippen LogP contribution is -2.16. The highest BCUT2D eigenvalue weighted by Gasteiger charge is 2.18. The fourth-order valence-corrected chi connectivity index (χ4v) is 2.39. The highest BCUT2D eigenvalue weighted by molar-refractivity contribution is 9.13. The van der Waals surface area contributed by atoms with E-state index in [1.165, 1.54) is 7.11 Å². The Morgan fingerprint density at radius 1 is 1.44 bits per heavy atom. The van der Waals surface area contributed by atoms with Gasteiger partial charge in [-0.05, 0) is 56.5 Å². The molecule has 16 heavy (non-hydrogen) atoms. The third-order valence-electron chi connectivity index (χ3n) is 2.27. The highest BCUT2D eigenvalue weighted by Crippen LogP contribution is 2.43. The smallest absolute Gasteiger partial charge is 0.173 e. The van der Waals surface area contributed by atoms with Crippen LogP contribution in [-0.2, 0) is 0 Å².